The monoisotopic (exact) mass is 330 g/mol. The summed E-state index contributed by atoms with van der Waals surface area (Å²) < 4.78 is 0. The van der Waals surface area contributed by atoms with Gasteiger partial charge >= 0.3 is 0 Å². The fourth-order valence-corrected chi connectivity index (χ4v) is 3.06. The first-order valence-corrected chi connectivity index (χ1v) is 8.80. The molecule has 0 aliphatic heterocycles. The molecule has 0 heterocycles. The molecule has 0 radical (unpaired) electrons. The second kappa shape index (κ2) is 8.00. The molecule has 0 aliphatic carbocycles. The molecular weight excluding hydrogens is 304 g/mol. The molecular formula is C23H26N2. The highest BCUT2D eigenvalue weighted by molar-refractivity contribution is 5.86. The highest BCUT2D eigenvalue weighted by Crippen LogP contribution is 2.23. The molecule has 2 nitrogen and oxygen atoms in total. The number of hydrogen-bond donors (Lipinski definition) is 1. The number of benzene rings is 3. The van der Waals surface area contributed by atoms with Crippen molar-refractivity contribution in [3.63, 3.8) is 0 Å². The zero-order valence-corrected chi connectivity index (χ0v) is 15.2. The Hall–Kier alpha value is -2.58. The molecule has 25 heavy (non-hydrogen) atoms. The highest BCUT2D eigenvalue weighted by Gasteiger charge is 2.07. The Balaban J connectivity index is 1.61. The molecule has 0 aliphatic rings. The van der Waals surface area contributed by atoms with Crippen molar-refractivity contribution in [3.05, 3.63) is 83.9 Å². The summed E-state index contributed by atoms with van der Waals surface area (Å²) in [5.41, 5.74) is 3.80. The number of fused-ring (bicyclic) bond motifs is 1. The van der Waals surface area contributed by atoms with E-state index in [9.17, 15) is 0 Å². The average molecular weight is 330 g/mol. The van der Waals surface area contributed by atoms with Gasteiger partial charge in [-0.25, -0.2) is 0 Å². The van der Waals surface area contributed by atoms with E-state index in [4.69, 9.17) is 0 Å². The Kier molecular flexibility index (Phi) is 5.52. The molecule has 3 aromatic carbocycles. The fraction of sp³-hybridized carbons (Fsp3) is 0.217. The van der Waals surface area contributed by atoms with Crippen LogP contribution >= 0.6 is 0 Å². The molecule has 0 bridgehead atoms. The van der Waals surface area contributed by atoms with Crippen LogP contribution in [0.3, 0.4) is 0 Å². The van der Waals surface area contributed by atoms with Gasteiger partial charge in [-0.2, -0.15) is 0 Å². The van der Waals surface area contributed by atoms with Gasteiger partial charge in [0.2, 0.25) is 0 Å². The SMILES string of the molecule is C[C@@H](NC/C=C/c1ccc(N(C)C)cc1)c1cccc2ccccc12. The maximum absolute atomic E-state index is 3.60. The van der Waals surface area contributed by atoms with Gasteiger partial charge in [0.1, 0.15) is 0 Å². The number of nitrogens with zero attached hydrogens (tertiary/aromatic N) is 1. The zero-order valence-electron chi connectivity index (χ0n) is 15.2. The molecule has 0 spiro atoms. The smallest absolute Gasteiger partial charge is 0.0361 e. The predicted octanol–water partition coefficient (Wildman–Crippen LogP) is 5.27. The minimum absolute atomic E-state index is 0.312. The number of nitrogens with one attached hydrogen (secondary N) is 1. The Bertz CT molecular complexity index is 842. The summed E-state index contributed by atoms with van der Waals surface area (Å²) in [7, 11) is 4.12. The second-order valence-electron chi connectivity index (χ2n) is 6.59. The first-order valence-electron chi connectivity index (χ1n) is 8.80. The van der Waals surface area contributed by atoms with Gasteiger partial charge in [0, 0.05) is 32.4 Å². The van der Waals surface area contributed by atoms with E-state index in [1.165, 1.54) is 27.6 Å². The lowest BCUT2D eigenvalue weighted by molar-refractivity contribution is 0.622. The van der Waals surface area contributed by atoms with E-state index < -0.39 is 0 Å². The highest BCUT2D eigenvalue weighted by atomic mass is 15.1. The Morgan fingerprint density at radius 3 is 2.40 bits per heavy atom. The third-order valence-electron chi connectivity index (χ3n) is 4.55. The van der Waals surface area contributed by atoms with Crippen LogP contribution in [0.25, 0.3) is 16.8 Å². The summed E-state index contributed by atoms with van der Waals surface area (Å²) in [6, 6.07) is 24.0. The van der Waals surface area contributed by atoms with E-state index >= 15 is 0 Å². The van der Waals surface area contributed by atoms with Crippen LogP contribution in [0.4, 0.5) is 5.69 Å². The third kappa shape index (κ3) is 4.28. The summed E-state index contributed by atoms with van der Waals surface area (Å²) in [6.07, 6.45) is 4.36. The van der Waals surface area contributed by atoms with E-state index in [1.807, 2.05) is 0 Å². The summed E-state index contributed by atoms with van der Waals surface area (Å²) >= 11 is 0. The number of rotatable bonds is 6. The lowest BCUT2D eigenvalue weighted by atomic mass is 10.00. The first-order chi connectivity index (χ1) is 12.1. The Morgan fingerprint density at radius 2 is 1.64 bits per heavy atom. The maximum Gasteiger partial charge on any atom is 0.0361 e. The quantitative estimate of drug-likeness (QED) is 0.662. The molecule has 2 heteroatoms. The molecule has 0 aromatic heterocycles. The van der Waals surface area contributed by atoms with Crippen molar-refractivity contribution in [3.8, 4) is 0 Å². The molecule has 0 saturated heterocycles. The predicted molar refractivity (Wildman–Crippen MR) is 110 cm³/mol. The van der Waals surface area contributed by atoms with Gasteiger partial charge in [-0.3, -0.25) is 0 Å². The van der Waals surface area contributed by atoms with E-state index in [1.54, 1.807) is 0 Å². The van der Waals surface area contributed by atoms with Gasteiger partial charge in [0.05, 0.1) is 0 Å². The van der Waals surface area contributed by atoms with Crippen LogP contribution in [0.1, 0.15) is 24.1 Å². The van der Waals surface area contributed by atoms with E-state index in [-0.39, 0.29) is 0 Å². The summed E-state index contributed by atoms with van der Waals surface area (Å²) in [5.74, 6) is 0. The van der Waals surface area contributed by atoms with E-state index in [0.717, 1.165) is 6.54 Å². The van der Waals surface area contributed by atoms with Gasteiger partial charge in [0.25, 0.3) is 0 Å². The molecule has 3 rings (SSSR count). The zero-order chi connectivity index (χ0) is 17.6. The number of anilines is 1. The van der Waals surface area contributed by atoms with Crippen LogP contribution in [0.15, 0.2) is 72.8 Å². The molecule has 0 unspecified atom stereocenters. The summed E-state index contributed by atoms with van der Waals surface area (Å²) in [6.45, 7) is 3.07. The standard InChI is InChI=1S/C23H26N2/c1-18(22-12-6-10-20-9-4-5-11-23(20)22)24-17-7-8-19-13-15-21(16-14-19)25(2)3/h4-16,18,24H,17H2,1-3H3/b8-7+/t18-/m1/s1. The molecule has 128 valence electrons. The second-order valence-corrected chi connectivity index (χ2v) is 6.59. The first kappa shape index (κ1) is 17.2. The summed E-state index contributed by atoms with van der Waals surface area (Å²) in [5, 5.41) is 6.22. The summed E-state index contributed by atoms with van der Waals surface area (Å²) in [4.78, 5) is 2.11. The molecule has 0 fully saturated rings. The van der Waals surface area contributed by atoms with Crippen molar-refractivity contribution in [1.82, 2.24) is 5.32 Å². The lowest BCUT2D eigenvalue weighted by Gasteiger charge is -2.15. The molecule has 1 N–H and O–H groups in total. The third-order valence-corrected chi connectivity index (χ3v) is 4.55. The topological polar surface area (TPSA) is 15.3 Å². The number of hydrogen-bond acceptors (Lipinski definition) is 2. The largest absolute Gasteiger partial charge is 0.378 e. The molecule has 3 aromatic rings. The van der Waals surface area contributed by atoms with Gasteiger partial charge in [0.15, 0.2) is 0 Å². The van der Waals surface area contributed by atoms with Crippen LogP contribution in [0.2, 0.25) is 0 Å². The van der Waals surface area contributed by atoms with Gasteiger partial charge in [-0.1, -0.05) is 66.7 Å². The van der Waals surface area contributed by atoms with Crippen LogP contribution in [0, 0.1) is 0 Å². The maximum atomic E-state index is 3.60. The Labute approximate surface area is 150 Å². The Morgan fingerprint density at radius 1 is 0.920 bits per heavy atom. The minimum Gasteiger partial charge on any atom is -0.378 e. The lowest BCUT2D eigenvalue weighted by Crippen LogP contribution is -2.18. The normalized spacial score (nSPS) is 12.6. The van der Waals surface area contributed by atoms with Crippen LogP contribution in [0.5, 0.6) is 0 Å². The van der Waals surface area contributed by atoms with Gasteiger partial charge in [-0.05, 0) is 41.0 Å². The average Bonchev–Trinajstić information content (AvgIpc) is 2.65. The van der Waals surface area contributed by atoms with Crippen molar-refractivity contribution in [2.24, 2.45) is 0 Å². The van der Waals surface area contributed by atoms with Gasteiger partial charge in [-0.15, -0.1) is 0 Å². The van der Waals surface area contributed by atoms with Crippen LogP contribution in [-0.2, 0) is 0 Å². The molecule has 0 saturated carbocycles. The van der Waals surface area contributed by atoms with Gasteiger partial charge < -0.3 is 10.2 Å². The van der Waals surface area contributed by atoms with Crippen molar-refractivity contribution >= 4 is 22.5 Å². The molecule has 0 amide bonds. The molecule has 1 atom stereocenters. The van der Waals surface area contributed by atoms with E-state index in [0.29, 0.717) is 6.04 Å². The van der Waals surface area contributed by atoms with Crippen molar-refractivity contribution in [1.29, 1.82) is 0 Å². The van der Waals surface area contributed by atoms with Crippen molar-refractivity contribution in [2.45, 2.75) is 13.0 Å². The minimum atomic E-state index is 0.312. The van der Waals surface area contributed by atoms with Crippen molar-refractivity contribution in [2.75, 3.05) is 25.5 Å². The fourth-order valence-electron chi connectivity index (χ4n) is 3.06. The van der Waals surface area contributed by atoms with Crippen LogP contribution < -0.4 is 10.2 Å². The van der Waals surface area contributed by atoms with Crippen LogP contribution in [-0.4, -0.2) is 20.6 Å². The van der Waals surface area contributed by atoms with E-state index in [2.05, 4.69) is 110 Å². The van der Waals surface area contributed by atoms with Crippen molar-refractivity contribution < 1.29 is 0 Å².